The maximum atomic E-state index is 5.36. The molecule has 0 aliphatic carbocycles. The predicted molar refractivity (Wildman–Crippen MR) is 79.3 cm³/mol. The van der Waals surface area contributed by atoms with E-state index in [1.165, 1.54) is 5.52 Å². The van der Waals surface area contributed by atoms with Crippen molar-refractivity contribution in [3.05, 3.63) is 29.0 Å². The molecule has 0 bridgehead atoms. The number of aromatic nitrogens is 2. The van der Waals surface area contributed by atoms with Crippen LogP contribution in [0.1, 0.15) is 6.42 Å². The van der Waals surface area contributed by atoms with Gasteiger partial charge in [-0.15, -0.1) is 0 Å². The van der Waals surface area contributed by atoms with Crippen LogP contribution in [0.5, 0.6) is 0 Å². The summed E-state index contributed by atoms with van der Waals surface area (Å²) in [7, 11) is 0. The van der Waals surface area contributed by atoms with Gasteiger partial charge in [0.1, 0.15) is 0 Å². The van der Waals surface area contributed by atoms with Gasteiger partial charge in [-0.3, -0.25) is 4.90 Å². The Morgan fingerprint density at radius 2 is 2.05 bits per heavy atom. The van der Waals surface area contributed by atoms with E-state index in [-0.39, 0.29) is 0 Å². The first-order valence-electron chi connectivity index (χ1n) is 6.73. The summed E-state index contributed by atoms with van der Waals surface area (Å²) < 4.78 is 8.70. The lowest BCUT2D eigenvalue weighted by molar-refractivity contribution is 0.0369. The minimum absolute atomic E-state index is 0.876. The van der Waals surface area contributed by atoms with Crippen molar-refractivity contribution in [3.8, 4) is 0 Å². The van der Waals surface area contributed by atoms with E-state index in [9.17, 15) is 0 Å². The molecule has 1 aromatic heterocycles. The van der Waals surface area contributed by atoms with Gasteiger partial charge in [0, 0.05) is 30.7 Å². The second-order valence-electron chi connectivity index (χ2n) is 4.88. The fraction of sp³-hybridized carbons (Fsp3) is 0.500. The maximum Gasteiger partial charge on any atom is 0.0958 e. The number of imidazole rings is 1. The van der Waals surface area contributed by atoms with Gasteiger partial charge in [-0.05, 0) is 24.6 Å². The van der Waals surface area contributed by atoms with Crippen LogP contribution in [-0.2, 0) is 11.3 Å². The predicted octanol–water partition coefficient (Wildman–Crippen LogP) is 2.52. The molecular weight excluding hydrogens is 306 g/mol. The van der Waals surface area contributed by atoms with E-state index >= 15 is 0 Å². The van der Waals surface area contributed by atoms with Crippen molar-refractivity contribution in [3.63, 3.8) is 0 Å². The number of benzene rings is 1. The van der Waals surface area contributed by atoms with Crippen LogP contribution in [0.15, 0.2) is 29.0 Å². The molecule has 0 atom stereocenters. The zero-order valence-corrected chi connectivity index (χ0v) is 12.5. The molecule has 0 spiro atoms. The summed E-state index contributed by atoms with van der Waals surface area (Å²) in [5, 5.41) is 0. The van der Waals surface area contributed by atoms with Gasteiger partial charge in [0.25, 0.3) is 0 Å². The molecule has 1 aliphatic heterocycles. The van der Waals surface area contributed by atoms with E-state index in [4.69, 9.17) is 4.74 Å². The summed E-state index contributed by atoms with van der Waals surface area (Å²) in [5.41, 5.74) is 2.27. The van der Waals surface area contributed by atoms with Crippen LogP contribution in [0.25, 0.3) is 11.0 Å². The smallest absolute Gasteiger partial charge is 0.0958 e. The average Bonchev–Trinajstić information content (AvgIpc) is 2.83. The molecule has 0 saturated carbocycles. The first-order chi connectivity index (χ1) is 9.33. The molecule has 1 fully saturated rings. The summed E-state index contributed by atoms with van der Waals surface area (Å²) in [6.07, 6.45) is 3.09. The lowest BCUT2D eigenvalue weighted by Gasteiger charge is -2.26. The molecule has 1 aromatic carbocycles. The van der Waals surface area contributed by atoms with Crippen LogP contribution >= 0.6 is 15.9 Å². The van der Waals surface area contributed by atoms with Gasteiger partial charge in [-0.2, -0.15) is 0 Å². The number of nitrogens with zero attached hydrogens (tertiary/aromatic N) is 3. The molecule has 19 heavy (non-hydrogen) atoms. The van der Waals surface area contributed by atoms with Crippen molar-refractivity contribution in [2.75, 3.05) is 32.8 Å². The molecule has 2 aromatic rings. The largest absolute Gasteiger partial charge is 0.379 e. The van der Waals surface area contributed by atoms with Crippen LogP contribution in [0.3, 0.4) is 0 Å². The Hall–Kier alpha value is -0.910. The first kappa shape index (κ1) is 13.1. The lowest BCUT2D eigenvalue weighted by Crippen LogP contribution is -2.37. The highest BCUT2D eigenvalue weighted by Gasteiger charge is 2.10. The Balaban J connectivity index is 1.60. The Morgan fingerprint density at radius 3 is 2.89 bits per heavy atom. The van der Waals surface area contributed by atoms with Gasteiger partial charge >= 0.3 is 0 Å². The van der Waals surface area contributed by atoms with Crippen LogP contribution < -0.4 is 0 Å². The highest BCUT2D eigenvalue weighted by Crippen LogP contribution is 2.19. The van der Waals surface area contributed by atoms with Crippen molar-refractivity contribution in [2.24, 2.45) is 0 Å². The molecule has 0 radical (unpaired) electrons. The molecule has 0 N–H and O–H groups in total. The van der Waals surface area contributed by atoms with Gasteiger partial charge in [0.2, 0.25) is 0 Å². The Bertz CT molecular complexity index is 549. The van der Waals surface area contributed by atoms with Crippen molar-refractivity contribution in [2.45, 2.75) is 13.0 Å². The van der Waals surface area contributed by atoms with Gasteiger partial charge in [0.15, 0.2) is 0 Å². The molecule has 3 rings (SSSR count). The second kappa shape index (κ2) is 6.03. The topological polar surface area (TPSA) is 30.3 Å². The molecule has 4 nitrogen and oxygen atoms in total. The zero-order valence-electron chi connectivity index (χ0n) is 10.9. The standard InChI is InChI=1S/C14H18BrN3O/c15-12-2-3-13-14(10-12)18(11-16-13)5-1-4-17-6-8-19-9-7-17/h2-3,10-11H,1,4-9H2. The van der Waals surface area contributed by atoms with E-state index in [0.29, 0.717) is 0 Å². The Morgan fingerprint density at radius 1 is 1.21 bits per heavy atom. The van der Waals surface area contributed by atoms with Gasteiger partial charge in [0.05, 0.1) is 30.6 Å². The third kappa shape index (κ3) is 3.16. The van der Waals surface area contributed by atoms with Gasteiger partial charge in [-0.25, -0.2) is 4.98 Å². The number of fused-ring (bicyclic) bond motifs is 1. The van der Waals surface area contributed by atoms with Crippen molar-refractivity contribution < 1.29 is 4.74 Å². The molecule has 1 aliphatic rings. The third-order valence-corrected chi connectivity index (χ3v) is 4.05. The Kier molecular flexibility index (Phi) is 4.15. The van der Waals surface area contributed by atoms with Crippen molar-refractivity contribution >= 4 is 27.0 Å². The summed E-state index contributed by atoms with van der Waals surface area (Å²) in [5.74, 6) is 0. The van der Waals surface area contributed by atoms with E-state index in [1.807, 2.05) is 12.4 Å². The summed E-state index contributed by atoms with van der Waals surface area (Å²) >= 11 is 3.52. The summed E-state index contributed by atoms with van der Waals surface area (Å²) in [6.45, 7) is 6.04. The summed E-state index contributed by atoms with van der Waals surface area (Å²) in [6, 6.07) is 6.22. The minimum Gasteiger partial charge on any atom is -0.379 e. The number of hydrogen-bond acceptors (Lipinski definition) is 3. The molecule has 5 heteroatoms. The lowest BCUT2D eigenvalue weighted by atomic mass is 10.3. The number of hydrogen-bond donors (Lipinski definition) is 0. The van der Waals surface area contributed by atoms with Crippen LogP contribution in [-0.4, -0.2) is 47.3 Å². The highest BCUT2D eigenvalue weighted by atomic mass is 79.9. The number of halogens is 1. The quantitative estimate of drug-likeness (QED) is 0.866. The molecule has 0 amide bonds. The fourth-order valence-electron chi connectivity index (χ4n) is 2.50. The third-order valence-electron chi connectivity index (χ3n) is 3.56. The van der Waals surface area contributed by atoms with Crippen molar-refractivity contribution in [1.29, 1.82) is 0 Å². The molecular formula is C14H18BrN3O. The first-order valence-corrected chi connectivity index (χ1v) is 7.53. The van der Waals surface area contributed by atoms with Crippen LogP contribution in [0.4, 0.5) is 0 Å². The number of ether oxygens (including phenoxy) is 1. The molecule has 2 heterocycles. The number of rotatable bonds is 4. The molecule has 1 saturated heterocycles. The van der Waals surface area contributed by atoms with E-state index in [0.717, 1.165) is 55.8 Å². The zero-order chi connectivity index (χ0) is 13.1. The second-order valence-corrected chi connectivity index (χ2v) is 5.79. The van der Waals surface area contributed by atoms with E-state index in [1.54, 1.807) is 0 Å². The van der Waals surface area contributed by atoms with Gasteiger partial charge in [-0.1, -0.05) is 15.9 Å². The molecule has 102 valence electrons. The van der Waals surface area contributed by atoms with Gasteiger partial charge < -0.3 is 9.30 Å². The summed E-state index contributed by atoms with van der Waals surface area (Å²) in [4.78, 5) is 6.90. The number of aryl methyl sites for hydroxylation is 1. The van der Waals surface area contributed by atoms with E-state index < -0.39 is 0 Å². The number of morpholine rings is 1. The maximum absolute atomic E-state index is 5.36. The van der Waals surface area contributed by atoms with Crippen molar-refractivity contribution in [1.82, 2.24) is 14.5 Å². The minimum atomic E-state index is 0.876. The van der Waals surface area contributed by atoms with Crippen LogP contribution in [0.2, 0.25) is 0 Å². The SMILES string of the molecule is Brc1ccc2ncn(CCCN3CCOCC3)c2c1. The monoisotopic (exact) mass is 323 g/mol. The molecule has 0 unspecified atom stereocenters. The average molecular weight is 324 g/mol. The normalized spacial score (nSPS) is 17.1. The van der Waals surface area contributed by atoms with Crippen LogP contribution in [0, 0.1) is 0 Å². The van der Waals surface area contributed by atoms with E-state index in [2.05, 4.69) is 42.5 Å². The highest BCUT2D eigenvalue weighted by molar-refractivity contribution is 9.10. The Labute approximate surface area is 121 Å². The fourth-order valence-corrected chi connectivity index (χ4v) is 2.85.